The highest BCUT2D eigenvalue weighted by molar-refractivity contribution is 6.69. The van der Waals surface area contributed by atoms with Crippen LogP contribution >= 0.6 is 0 Å². The van der Waals surface area contributed by atoms with Crippen LogP contribution in [0.1, 0.15) is 20.3 Å². The molecule has 1 nitrogen and oxygen atoms in total. The highest BCUT2D eigenvalue weighted by Gasteiger charge is 2.35. The minimum Gasteiger partial charge on any atom is -0.213 e. The van der Waals surface area contributed by atoms with E-state index in [9.17, 15) is 0 Å². The topological polar surface area (TPSA) is 23.8 Å². The maximum absolute atomic E-state index is 8.51. The summed E-state index contributed by atoms with van der Waals surface area (Å²) in [6.07, 6.45) is 3.58. The maximum atomic E-state index is 8.51. The van der Waals surface area contributed by atoms with E-state index in [1.165, 1.54) is 6.42 Å². The molecule has 1 atom stereocenters. The Bertz CT molecular complexity index is 144. The van der Waals surface area contributed by atoms with Gasteiger partial charge < -0.3 is 0 Å². The molecule has 0 aromatic heterocycles. The van der Waals surface area contributed by atoms with Gasteiger partial charge >= 0.3 is 0 Å². The van der Waals surface area contributed by atoms with Gasteiger partial charge in [0.2, 0.25) is 0 Å². The van der Waals surface area contributed by atoms with E-state index < -0.39 is 0 Å². The fourth-order valence-corrected chi connectivity index (χ4v) is 1.57. The minimum atomic E-state index is 0.388. The molecule has 1 aliphatic rings. The first-order chi connectivity index (χ1) is 4.77. The SMILES string of the molecule is CCC(C)C1CB(C#N)C1. The minimum absolute atomic E-state index is 0.388. The zero-order valence-corrected chi connectivity index (χ0v) is 6.80. The summed E-state index contributed by atoms with van der Waals surface area (Å²) in [5.74, 6) is 4.00. The third kappa shape index (κ3) is 1.34. The smallest absolute Gasteiger partial charge is 0.213 e. The second-order valence-corrected chi connectivity index (χ2v) is 3.44. The molecule has 0 bridgehead atoms. The predicted molar refractivity (Wildman–Crippen MR) is 43.9 cm³/mol. The van der Waals surface area contributed by atoms with Crippen LogP contribution in [0, 0.1) is 23.1 Å². The molecular formula is C8H14BN. The summed E-state index contributed by atoms with van der Waals surface area (Å²) >= 11 is 0. The summed E-state index contributed by atoms with van der Waals surface area (Å²) in [6, 6.07) is 0. The summed E-state index contributed by atoms with van der Waals surface area (Å²) < 4.78 is 0. The van der Waals surface area contributed by atoms with Gasteiger partial charge in [-0.1, -0.05) is 32.9 Å². The van der Waals surface area contributed by atoms with Crippen molar-refractivity contribution in [2.45, 2.75) is 32.9 Å². The Morgan fingerprint density at radius 1 is 1.70 bits per heavy atom. The highest BCUT2D eigenvalue weighted by Crippen LogP contribution is 2.35. The van der Waals surface area contributed by atoms with Crippen molar-refractivity contribution in [2.75, 3.05) is 0 Å². The molecule has 0 aliphatic carbocycles. The number of rotatable bonds is 2. The molecule has 0 saturated carbocycles. The van der Waals surface area contributed by atoms with Crippen LogP contribution in [0.4, 0.5) is 0 Å². The zero-order valence-electron chi connectivity index (χ0n) is 6.80. The standard InChI is InChI=1S/C8H14BN/c1-3-7(2)8-4-9(5-8)6-10/h7-8H,3-5H2,1-2H3. The van der Waals surface area contributed by atoms with Crippen LogP contribution in [0.3, 0.4) is 0 Å². The van der Waals surface area contributed by atoms with Gasteiger partial charge in [-0.15, -0.1) is 0 Å². The average Bonchev–Trinajstić information content (AvgIpc) is 1.85. The summed E-state index contributed by atoms with van der Waals surface area (Å²) in [6.45, 7) is 4.90. The Kier molecular flexibility index (Phi) is 2.37. The Labute approximate surface area is 63.5 Å². The largest absolute Gasteiger partial charge is 0.268 e. The van der Waals surface area contributed by atoms with Gasteiger partial charge in [-0.2, -0.15) is 0 Å². The van der Waals surface area contributed by atoms with Gasteiger partial charge in [0, 0.05) is 5.97 Å². The second kappa shape index (κ2) is 3.10. The van der Waals surface area contributed by atoms with Gasteiger partial charge in [-0.25, -0.2) is 5.26 Å². The lowest BCUT2D eigenvalue weighted by molar-refractivity contribution is 0.377. The van der Waals surface area contributed by atoms with E-state index in [0.29, 0.717) is 6.71 Å². The molecule has 1 saturated heterocycles. The zero-order chi connectivity index (χ0) is 7.56. The van der Waals surface area contributed by atoms with Crippen LogP contribution in [-0.4, -0.2) is 6.71 Å². The fourth-order valence-electron chi connectivity index (χ4n) is 1.57. The monoisotopic (exact) mass is 135 g/mol. The van der Waals surface area contributed by atoms with Crippen molar-refractivity contribution in [1.82, 2.24) is 0 Å². The van der Waals surface area contributed by atoms with Crippen LogP contribution in [0.5, 0.6) is 0 Å². The molecule has 1 fully saturated rings. The van der Waals surface area contributed by atoms with E-state index in [1.807, 2.05) is 0 Å². The first-order valence-electron chi connectivity index (χ1n) is 4.17. The van der Waals surface area contributed by atoms with Crippen LogP contribution in [0.25, 0.3) is 0 Å². The van der Waals surface area contributed by atoms with Crippen molar-refractivity contribution in [1.29, 1.82) is 5.26 Å². The summed E-state index contributed by atoms with van der Waals surface area (Å²) in [5, 5.41) is 8.51. The van der Waals surface area contributed by atoms with Crippen LogP contribution in [-0.2, 0) is 0 Å². The van der Waals surface area contributed by atoms with E-state index in [4.69, 9.17) is 5.26 Å². The third-order valence-corrected chi connectivity index (χ3v) is 2.81. The molecule has 0 aromatic rings. The summed E-state index contributed by atoms with van der Waals surface area (Å²) in [5.41, 5.74) is 0. The molecule has 0 spiro atoms. The fraction of sp³-hybridized carbons (Fsp3) is 0.875. The second-order valence-electron chi connectivity index (χ2n) is 3.44. The first kappa shape index (κ1) is 7.66. The number of nitrogens with zero attached hydrogens (tertiary/aromatic N) is 1. The van der Waals surface area contributed by atoms with E-state index in [1.54, 1.807) is 0 Å². The molecule has 0 aromatic carbocycles. The molecule has 10 heavy (non-hydrogen) atoms. The molecule has 0 radical (unpaired) electrons. The molecule has 1 heterocycles. The van der Waals surface area contributed by atoms with E-state index in [2.05, 4.69) is 19.8 Å². The molecule has 1 unspecified atom stereocenters. The van der Waals surface area contributed by atoms with Crippen LogP contribution in [0.15, 0.2) is 0 Å². The third-order valence-electron chi connectivity index (χ3n) is 2.81. The molecule has 0 amide bonds. The normalized spacial score (nSPS) is 21.5. The quantitative estimate of drug-likeness (QED) is 0.532. The van der Waals surface area contributed by atoms with Gasteiger partial charge in [0.1, 0.15) is 0 Å². The van der Waals surface area contributed by atoms with Crippen molar-refractivity contribution in [3.05, 3.63) is 0 Å². The Balaban J connectivity index is 2.20. The van der Waals surface area contributed by atoms with Crippen molar-refractivity contribution in [3.8, 4) is 5.97 Å². The summed E-state index contributed by atoms with van der Waals surface area (Å²) in [4.78, 5) is 0. The molecular weight excluding hydrogens is 121 g/mol. The number of hydrogen-bond acceptors (Lipinski definition) is 1. The lowest BCUT2D eigenvalue weighted by Gasteiger charge is -2.32. The molecule has 1 aliphatic heterocycles. The lowest BCUT2D eigenvalue weighted by Crippen LogP contribution is -2.33. The van der Waals surface area contributed by atoms with Gasteiger partial charge in [0.05, 0.1) is 0 Å². The van der Waals surface area contributed by atoms with Crippen molar-refractivity contribution >= 4 is 6.71 Å². The predicted octanol–water partition coefficient (Wildman–Crippen LogP) is 2.22. The van der Waals surface area contributed by atoms with Crippen molar-refractivity contribution in [2.24, 2.45) is 11.8 Å². The molecule has 54 valence electrons. The van der Waals surface area contributed by atoms with Crippen LogP contribution in [0.2, 0.25) is 12.6 Å². The van der Waals surface area contributed by atoms with E-state index in [-0.39, 0.29) is 0 Å². The van der Waals surface area contributed by atoms with E-state index >= 15 is 0 Å². The average molecular weight is 135 g/mol. The maximum Gasteiger partial charge on any atom is 0.268 e. The van der Waals surface area contributed by atoms with Crippen molar-refractivity contribution in [3.63, 3.8) is 0 Å². The van der Waals surface area contributed by atoms with Gasteiger partial charge in [0.25, 0.3) is 6.71 Å². The number of nitriles is 1. The van der Waals surface area contributed by atoms with E-state index in [0.717, 1.165) is 24.5 Å². The highest BCUT2D eigenvalue weighted by atomic mass is 14.3. The first-order valence-corrected chi connectivity index (χ1v) is 4.17. The molecule has 2 heteroatoms. The number of hydrogen-bond donors (Lipinski definition) is 0. The van der Waals surface area contributed by atoms with Crippen LogP contribution < -0.4 is 0 Å². The Morgan fingerprint density at radius 2 is 2.30 bits per heavy atom. The molecule has 0 N–H and O–H groups in total. The van der Waals surface area contributed by atoms with Gasteiger partial charge in [-0.3, -0.25) is 0 Å². The van der Waals surface area contributed by atoms with Gasteiger partial charge in [0.15, 0.2) is 0 Å². The Hall–Kier alpha value is -0.445. The van der Waals surface area contributed by atoms with Gasteiger partial charge in [-0.05, 0) is 11.8 Å². The lowest BCUT2D eigenvalue weighted by atomic mass is 9.31. The summed E-state index contributed by atoms with van der Waals surface area (Å²) in [7, 11) is 0. The Morgan fingerprint density at radius 3 is 2.70 bits per heavy atom. The van der Waals surface area contributed by atoms with Crippen molar-refractivity contribution < 1.29 is 0 Å². The molecule has 1 rings (SSSR count).